The first-order chi connectivity index (χ1) is 17.0. The SMILES string of the molecule is CCCCCCC[C@H]1C[C@H]2CCC3=C(C(=O)OCCCC[NH+]=C(N)[NH3+])C(CCCCC)=NC(=N1)N32. The molecule has 1 saturated heterocycles. The Hall–Kier alpha value is -2.22. The highest BCUT2D eigenvalue weighted by Crippen LogP contribution is 2.40. The maximum Gasteiger partial charge on any atom is 0.434 e. The molecule has 8 heteroatoms. The van der Waals surface area contributed by atoms with Crippen molar-refractivity contribution in [2.75, 3.05) is 13.2 Å². The predicted molar refractivity (Wildman–Crippen MR) is 141 cm³/mol. The number of quaternary nitrogens is 1. The van der Waals surface area contributed by atoms with Gasteiger partial charge in [-0.15, -0.1) is 0 Å². The van der Waals surface area contributed by atoms with Crippen molar-refractivity contribution in [2.24, 2.45) is 15.7 Å². The smallest absolute Gasteiger partial charge is 0.434 e. The summed E-state index contributed by atoms with van der Waals surface area (Å²) in [5.41, 5.74) is 11.9. The summed E-state index contributed by atoms with van der Waals surface area (Å²) in [7, 11) is 0. The summed E-state index contributed by atoms with van der Waals surface area (Å²) in [5, 5.41) is 0. The van der Waals surface area contributed by atoms with Crippen LogP contribution >= 0.6 is 0 Å². The van der Waals surface area contributed by atoms with Crippen molar-refractivity contribution in [3.63, 3.8) is 0 Å². The maximum absolute atomic E-state index is 13.3. The fourth-order valence-corrected chi connectivity index (χ4v) is 5.38. The molecule has 0 radical (unpaired) electrons. The number of unbranched alkanes of at least 4 members (excludes halogenated alkanes) is 7. The van der Waals surface area contributed by atoms with Gasteiger partial charge in [0.15, 0.2) is 0 Å². The molecule has 1 fully saturated rings. The van der Waals surface area contributed by atoms with E-state index in [0.29, 0.717) is 30.2 Å². The van der Waals surface area contributed by atoms with Crippen LogP contribution in [0.5, 0.6) is 0 Å². The number of ether oxygens (including phenoxy) is 1. The molecule has 0 aliphatic carbocycles. The van der Waals surface area contributed by atoms with Crippen molar-refractivity contribution in [3.8, 4) is 0 Å². The molecular weight excluding hydrogens is 440 g/mol. The number of aliphatic imine (C=N–C) groups is 2. The fourth-order valence-electron chi connectivity index (χ4n) is 5.38. The molecular formula is C27H48N6O2+2. The predicted octanol–water partition coefficient (Wildman–Crippen LogP) is 2.19. The van der Waals surface area contributed by atoms with Gasteiger partial charge in [0.05, 0.1) is 24.9 Å². The average molecular weight is 489 g/mol. The lowest BCUT2D eigenvalue weighted by molar-refractivity contribution is -0.504. The van der Waals surface area contributed by atoms with E-state index >= 15 is 0 Å². The van der Waals surface area contributed by atoms with E-state index in [1.165, 1.54) is 32.1 Å². The number of carbonyl (C=O) groups is 1. The van der Waals surface area contributed by atoms with Gasteiger partial charge < -0.3 is 9.64 Å². The standard InChI is InChI=1S/C27H46N6O2/c1-3-5-7-8-10-13-20-19-21-15-16-23-24(25(34)35-18-12-11-17-30-26(28)29)22(14-9-6-4-2)32-27(31-20)33(21)23/h20-21H,3-19H2,1-2H3,(H4,28,29,30)/p+2/t20-,21+/m0/s1. The number of guanidine groups is 2. The Bertz CT molecular complexity index is 828. The van der Waals surface area contributed by atoms with Gasteiger partial charge in [-0.05, 0) is 51.4 Å². The van der Waals surface area contributed by atoms with Crippen LogP contribution in [-0.4, -0.2) is 53.7 Å². The number of allylic oxidation sites excluding steroid dienone is 1. The number of carbonyl (C=O) groups excluding carboxylic acids is 1. The van der Waals surface area contributed by atoms with Gasteiger partial charge in [0.1, 0.15) is 5.57 Å². The van der Waals surface area contributed by atoms with E-state index in [9.17, 15) is 4.79 Å². The number of nitrogens with one attached hydrogen (secondary N) is 1. The molecule has 3 rings (SSSR count). The van der Waals surface area contributed by atoms with Crippen molar-refractivity contribution in [1.29, 1.82) is 0 Å². The van der Waals surface area contributed by atoms with Crippen LogP contribution in [0.4, 0.5) is 0 Å². The van der Waals surface area contributed by atoms with Crippen molar-refractivity contribution >= 4 is 23.6 Å². The minimum Gasteiger partial charge on any atom is -0.462 e. The lowest BCUT2D eigenvalue weighted by Gasteiger charge is -2.37. The van der Waals surface area contributed by atoms with Crippen LogP contribution in [0.15, 0.2) is 21.3 Å². The molecule has 0 unspecified atom stereocenters. The zero-order valence-corrected chi connectivity index (χ0v) is 22.1. The normalized spacial score (nSPS) is 21.7. The highest BCUT2D eigenvalue weighted by Gasteiger charge is 2.43. The highest BCUT2D eigenvalue weighted by molar-refractivity contribution is 6.24. The molecule has 0 saturated carbocycles. The largest absolute Gasteiger partial charge is 0.462 e. The summed E-state index contributed by atoms with van der Waals surface area (Å²) >= 11 is 0. The van der Waals surface area contributed by atoms with Crippen LogP contribution in [0.2, 0.25) is 0 Å². The fraction of sp³-hybridized carbons (Fsp3) is 0.778. The summed E-state index contributed by atoms with van der Waals surface area (Å²) in [4.78, 5) is 28.6. The van der Waals surface area contributed by atoms with Crippen LogP contribution in [0.25, 0.3) is 0 Å². The molecule has 0 amide bonds. The van der Waals surface area contributed by atoms with Crippen LogP contribution < -0.4 is 16.5 Å². The zero-order valence-electron chi connectivity index (χ0n) is 22.1. The lowest BCUT2D eigenvalue weighted by Crippen LogP contribution is -2.88. The van der Waals surface area contributed by atoms with Gasteiger partial charge in [0.2, 0.25) is 5.96 Å². The Balaban J connectivity index is 1.68. The second-order valence-corrected chi connectivity index (χ2v) is 10.2. The summed E-state index contributed by atoms with van der Waals surface area (Å²) in [6, 6.07) is 0.775. The molecule has 0 bridgehead atoms. The van der Waals surface area contributed by atoms with Crippen molar-refractivity contribution < 1.29 is 20.3 Å². The van der Waals surface area contributed by atoms with Crippen LogP contribution in [0.1, 0.15) is 110 Å². The maximum atomic E-state index is 13.3. The van der Waals surface area contributed by atoms with Crippen molar-refractivity contribution in [1.82, 2.24) is 4.90 Å². The molecule has 0 aromatic carbocycles. The first kappa shape index (κ1) is 27.4. The second-order valence-electron chi connectivity index (χ2n) is 10.2. The number of hydrogen-bond acceptors (Lipinski definition) is 5. The van der Waals surface area contributed by atoms with Crippen LogP contribution in [0.3, 0.4) is 0 Å². The van der Waals surface area contributed by atoms with Gasteiger partial charge in [-0.1, -0.05) is 58.8 Å². The molecule has 35 heavy (non-hydrogen) atoms. The summed E-state index contributed by atoms with van der Waals surface area (Å²) in [6.07, 6.45) is 16.5. The van der Waals surface area contributed by atoms with E-state index in [4.69, 9.17) is 20.5 Å². The molecule has 6 N–H and O–H groups in total. The molecule has 0 aromatic rings. The Labute approximate surface area is 211 Å². The summed E-state index contributed by atoms with van der Waals surface area (Å²) in [6.45, 7) is 5.60. The average Bonchev–Trinajstić information content (AvgIpc) is 3.25. The molecule has 3 heterocycles. The summed E-state index contributed by atoms with van der Waals surface area (Å²) < 4.78 is 5.74. The Kier molecular flexibility index (Phi) is 11.2. The minimum absolute atomic E-state index is 0.218. The van der Waals surface area contributed by atoms with Gasteiger partial charge >= 0.3 is 11.9 Å². The van der Waals surface area contributed by atoms with E-state index in [-0.39, 0.29) is 5.97 Å². The molecule has 3 aliphatic heterocycles. The van der Waals surface area contributed by atoms with E-state index in [2.05, 4.69) is 29.5 Å². The van der Waals surface area contributed by atoms with E-state index in [1.54, 1.807) is 0 Å². The van der Waals surface area contributed by atoms with E-state index < -0.39 is 0 Å². The summed E-state index contributed by atoms with van der Waals surface area (Å²) in [5.74, 6) is 1.10. The number of nitrogens with zero attached hydrogens (tertiary/aromatic N) is 3. The molecule has 2 atom stereocenters. The Morgan fingerprint density at radius 1 is 1.11 bits per heavy atom. The molecule has 3 aliphatic rings. The Morgan fingerprint density at radius 2 is 1.89 bits per heavy atom. The van der Waals surface area contributed by atoms with Crippen molar-refractivity contribution in [2.45, 2.75) is 122 Å². The zero-order chi connectivity index (χ0) is 25.0. The van der Waals surface area contributed by atoms with Crippen LogP contribution in [0, 0.1) is 0 Å². The molecule has 0 spiro atoms. The third-order valence-corrected chi connectivity index (χ3v) is 7.26. The third kappa shape index (κ3) is 7.89. The minimum atomic E-state index is -0.218. The van der Waals surface area contributed by atoms with Gasteiger partial charge in [0, 0.05) is 11.7 Å². The van der Waals surface area contributed by atoms with E-state index in [1.807, 2.05) is 0 Å². The topological polar surface area (TPSA) is 122 Å². The van der Waals surface area contributed by atoms with Gasteiger partial charge in [-0.2, -0.15) is 0 Å². The number of rotatable bonds is 16. The third-order valence-electron chi connectivity index (χ3n) is 7.26. The van der Waals surface area contributed by atoms with Gasteiger partial charge in [-0.3, -0.25) is 5.73 Å². The van der Waals surface area contributed by atoms with Gasteiger partial charge in [-0.25, -0.2) is 25.5 Å². The van der Waals surface area contributed by atoms with Gasteiger partial charge in [0.25, 0.3) is 0 Å². The molecule has 8 nitrogen and oxygen atoms in total. The number of hydrogen-bond donors (Lipinski definition) is 3. The number of nitrogens with two attached hydrogens (primary N) is 1. The van der Waals surface area contributed by atoms with E-state index in [0.717, 1.165) is 88.1 Å². The second kappa shape index (κ2) is 14.4. The molecule has 196 valence electrons. The number of esters is 1. The first-order valence-corrected chi connectivity index (χ1v) is 14.1. The molecule has 0 aromatic heterocycles. The van der Waals surface area contributed by atoms with Crippen LogP contribution in [-0.2, 0) is 9.53 Å². The first-order valence-electron chi connectivity index (χ1n) is 14.1. The lowest BCUT2D eigenvalue weighted by atomic mass is 9.97. The van der Waals surface area contributed by atoms with Crippen molar-refractivity contribution in [3.05, 3.63) is 11.3 Å². The quantitative estimate of drug-likeness (QED) is 0.133. The Morgan fingerprint density at radius 3 is 2.66 bits per heavy atom. The monoisotopic (exact) mass is 488 g/mol. The highest BCUT2D eigenvalue weighted by atomic mass is 16.5.